The third-order valence-corrected chi connectivity index (χ3v) is 4.52. The molecule has 106 valence electrons. The number of carbonyl (C=O) groups is 1. The Bertz CT molecular complexity index is 535. The molecule has 1 aliphatic rings. The highest BCUT2D eigenvalue weighted by Crippen LogP contribution is 2.29. The zero-order valence-corrected chi connectivity index (χ0v) is 12.9. The van der Waals surface area contributed by atoms with Crippen LogP contribution >= 0.6 is 11.3 Å². The van der Waals surface area contributed by atoms with Crippen molar-refractivity contribution in [3.05, 3.63) is 57.8 Å². The monoisotopic (exact) mass is 287 g/mol. The van der Waals surface area contributed by atoms with Crippen molar-refractivity contribution in [2.45, 2.75) is 32.9 Å². The van der Waals surface area contributed by atoms with Crippen LogP contribution in [0.2, 0.25) is 0 Å². The summed E-state index contributed by atoms with van der Waals surface area (Å²) in [7, 11) is 0. The molecule has 1 aromatic carbocycles. The number of nitrogens with zero attached hydrogens (tertiary/aromatic N) is 1. The van der Waals surface area contributed by atoms with E-state index in [0.29, 0.717) is 0 Å². The van der Waals surface area contributed by atoms with Crippen molar-refractivity contribution in [2.75, 3.05) is 6.54 Å². The first-order valence-electron chi connectivity index (χ1n) is 7.18. The standard InChI is InChI=1S/C15H15NOS.C2H6/c17-11-14(12-4-2-1-3-5-12)16-8-6-15-13(10-16)7-9-18-15;1-2/h1-5,7,9,11,14H,6,8,10H2;1-2H3. The van der Waals surface area contributed by atoms with E-state index >= 15 is 0 Å². The van der Waals surface area contributed by atoms with E-state index in [1.807, 2.05) is 55.5 Å². The summed E-state index contributed by atoms with van der Waals surface area (Å²) in [6.07, 6.45) is 2.12. The molecule has 1 unspecified atom stereocenters. The lowest BCUT2D eigenvalue weighted by molar-refractivity contribution is -0.113. The molecule has 0 N–H and O–H groups in total. The number of rotatable bonds is 3. The molecule has 2 heterocycles. The van der Waals surface area contributed by atoms with Gasteiger partial charge in [-0.3, -0.25) is 4.90 Å². The Morgan fingerprint density at radius 2 is 1.95 bits per heavy atom. The number of thiophene rings is 1. The summed E-state index contributed by atoms with van der Waals surface area (Å²) >= 11 is 1.83. The summed E-state index contributed by atoms with van der Waals surface area (Å²) in [6.45, 7) is 5.85. The Labute approximate surface area is 125 Å². The van der Waals surface area contributed by atoms with Crippen LogP contribution in [0.5, 0.6) is 0 Å². The van der Waals surface area contributed by atoms with Crippen LogP contribution < -0.4 is 0 Å². The third kappa shape index (κ3) is 3.17. The van der Waals surface area contributed by atoms with Gasteiger partial charge in [-0.2, -0.15) is 0 Å². The predicted molar refractivity (Wildman–Crippen MR) is 85.0 cm³/mol. The predicted octanol–water partition coefficient (Wildman–Crippen LogP) is 4.07. The molecular formula is C17H21NOS. The number of fused-ring (bicyclic) bond motifs is 1. The van der Waals surface area contributed by atoms with Crippen molar-refractivity contribution in [3.63, 3.8) is 0 Å². The fourth-order valence-corrected chi connectivity index (χ4v) is 3.42. The van der Waals surface area contributed by atoms with Crippen LogP contribution in [0.1, 0.15) is 35.9 Å². The van der Waals surface area contributed by atoms with Crippen LogP contribution in [-0.2, 0) is 17.8 Å². The molecular weight excluding hydrogens is 266 g/mol. The van der Waals surface area contributed by atoms with Crippen LogP contribution in [0.3, 0.4) is 0 Å². The molecule has 2 aromatic rings. The smallest absolute Gasteiger partial charge is 0.141 e. The fraction of sp³-hybridized carbons (Fsp3) is 0.353. The molecule has 20 heavy (non-hydrogen) atoms. The van der Waals surface area contributed by atoms with E-state index in [2.05, 4.69) is 16.3 Å². The van der Waals surface area contributed by atoms with Gasteiger partial charge in [0.2, 0.25) is 0 Å². The molecule has 0 saturated heterocycles. The molecule has 0 bridgehead atoms. The average Bonchev–Trinajstić information content (AvgIpc) is 2.99. The van der Waals surface area contributed by atoms with Crippen molar-refractivity contribution in [1.29, 1.82) is 0 Å². The van der Waals surface area contributed by atoms with E-state index in [1.165, 1.54) is 10.4 Å². The van der Waals surface area contributed by atoms with Crippen molar-refractivity contribution in [2.24, 2.45) is 0 Å². The third-order valence-electron chi connectivity index (χ3n) is 3.50. The van der Waals surface area contributed by atoms with E-state index in [-0.39, 0.29) is 6.04 Å². The molecule has 3 rings (SSSR count). The second-order valence-corrected chi connectivity index (χ2v) is 5.58. The molecule has 1 aliphatic heterocycles. The van der Waals surface area contributed by atoms with Gasteiger partial charge < -0.3 is 4.79 Å². The van der Waals surface area contributed by atoms with E-state index in [1.54, 1.807) is 0 Å². The minimum absolute atomic E-state index is 0.112. The summed E-state index contributed by atoms with van der Waals surface area (Å²) in [5.41, 5.74) is 2.47. The molecule has 0 amide bonds. The highest BCUT2D eigenvalue weighted by molar-refractivity contribution is 7.10. The van der Waals surface area contributed by atoms with Gasteiger partial charge in [0.15, 0.2) is 0 Å². The highest BCUT2D eigenvalue weighted by Gasteiger charge is 2.24. The summed E-state index contributed by atoms with van der Waals surface area (Å²) in [5, 5.41) is 2.15. The molecule has 0 aliphatic carbocycles. The number of aldehydes is 1. The van der Waals surface area contributed by atoms with Gasteiger partial charge in [0.25, 0.3) is 0 Å². The second-order valence-electron chi connectivity index (χ2n) is 4.58. The Kier molecular flexibility index (Phi) is 5.50. The van der Waals surface area contributed by atoms with Crippen molar-refractivity contribution >= 4 is 17.6 Å². The molecule has 1 atom stereocenters. The first kappa shape index (κ1) is 14.9. The quantitative estimate of drug-likeness (QED) is 0.793. The topological polar surface area (TPSA) is 20.3 Å². The summed E-state index contributed by atoms with van der Waals surface area (Å²) in [6, 6.07) is 12.1. The van der Waals surface area contributed by atoms with Gasteiger partial charge in [-0.1, -0.05) is 44.2 Å². The van der Waals surface area contributed by atoms with E-state index in [4.69, 9.17) is 0 Å². The second kappa shape index (κ2) is 7.36. The molecule has 3 heteroatoms. The first-order valence-corrected chi connectivity index (χ1v) is 8.06. The van der Waals surface area contributed by atoms with Gasteiger partial charge in [0, 0.05) is 18.0 Å². The lowest BCUT2D eigenvalue weighted by Crippen LogP contribution is -2.34. The van der Waals surface area contributed by atoms with Crippen molar-refractivity contribution in [1.82, 2.24) is 4.90 Å². The van der Waals surface area contributed by atoms with Crippen molar-refractivity contribution < 1.29 is 4.79 Å². The van der Waals surface area contributed by atoms with Crippen LogP contribution in [0.4, 0.5) is 0 Å². The van der Waals surface area contributed by atoms with Crippen LogP contribution in [0.25, 0.3) is 0 Å². The lowest BCUT2D eigenvalue weighted by Gasteiger charge is -2.31. The largest absolute Gasteiger partial charge is 0.301 e. The maximum Gasteiger partial charge on any atom is 0.141 e. The number of benzene rings is 1. The van der Waals surface area contributed by atoms with Gasteiger partial charge >= 0.3 is 0 Å². The molecule has 1 aromatic heterocycles. The molecule has 0 radical (unpaired) electrons. The maximum absolute atomic E-state index is 11.4. The molecule has 0 saturated carbocycles. The van der Waals surface area contributed by atoms with E-state index < -0.39 is 0 Å². The zero-order chi connectivity index (χ0) is 14.4. The summed E-state index contributed by atoms with van der Waals surface area (Å²) in [5.74, 6) is 0. The first-order chi connectivity index (χ1) is 9.88. The SMILES string of the molecule is CC.O=CC(c1ccccc1)N1CCc2sccc2C1. The minimum Gasteiger partial charge on any atom is -0.301 e. The Balaban J connectivity index is 0.000000704. The Hall–Kier alpha value is -1.45. The van der Waals surface area contributed by atoms with Gasteiger partial charge in [-0.15, -0.1) is 11.3 Å². The number of hydrogen-bond acceptors (Lipinski definition) is 3. The highest BCUT2D eigenvalue weighted by atomic mass is 32.1. The minimum atomic E-state index is -0.112. The Morgan fingerprint density at radius 1 is 1.20 bits per heavy atom. The average molecular weight is 287 g/mol. The van der Waals surface area contributed by atoms with Gasteiger partial charge in [0.05, 0.1) is 6.04 Å². The number of carbonyl (C=O) groups excluding carboxylic acids is 1. The molecule has 0 fully saturated rings. The van der Waals surface area contributed by atoms with Gasteiger partial charge in [0.1, 0.15) is 6.29 Å². The summed E-state index contributed by atoms with van der Waals surface area (Å²) < 4.78 is 0. The maximum atomic E-state index is 11.4. The van der Waals surface area contributed by atoms with Crippen LogP contribution in [0.15, 0.2) is 41.8 Å². The van der Waals surface area contributed by atoms with Crippen LogP contribution in [0, 0.1) is 0 Å². The number of hydrogen-bond donors (Lipinski definition) is 0. The zero-order valence-electron chi connectivity index (χ0n) is 12.1. The summed E-state index contributed by atoms with van der Waals surface area (Å²) in [4.78, 5) is 15.2. The van der Waals surface area contributed by atoms with Gasteiger partial charge in [-0.05, 0) is 29.0 Å². The van der Waals surface area contributed by atoms with Gasteiger partial charge in [-0.25, -0.2) is 0 Å². The van der Waals surface area contributed by atoms with E-state index in [0.717, 1.165) is 31.4 Å². The molecule has 0 spiro atoms. The normalized spacial score (nSPS) is 15.7. The molecule has 2 nitrogen and oxygen atoms in total. The van der Waals surface area contributed by atoms with Crippen LogP contribution in [-0.4, -0.2) is 17.7 Å². The fourth-order valence-electron chi connectivity index (χ4n) is 2.53. The van der Waals surface area contributed by atoms with E-state index in [9.17, 15) is 4.79 Å². The van der Waals surface area contributed by atoms with Crippen molar-refractivity contribution in [3.8, 4) is 0 Å². The Morgan fingerprint density at radius 3 is 2.65 bits per heavy atom. The lowest BCUT2D eigenvalue weighted by atomic mass is 10.0.